The molecule has 0 saturated heterocycles. The monoisotopic (exact) mass is 262 g/mol. The smallest absolute Gasteiger partial charge is 0.338 e. The van der Waals surface area contributed by atoms with Crippen LogP contribution in [0, 0.1) is 11.8 Å². The summed E-state index contributed by atoms with van der Waals surface area (Å²) in [6.07, 6.45) is 4.95. The molecular weight excluding hydrogens is 244 g/mol. The molecule has 1 aromatic heterocycles. The molecule has 1 aliphatic rings. The number of carboxylic acids is 1. The fourth-order valence-electron chi connectivity index (χ4n) is 2.59. The summed E-state index contributed by atoms with van der Waals surface area (Å²) in [5.74, 6) is -0.437. The zero-order valence-corrected chi connectivity index (χ0v) is 10.9. The first-order valence-electron chi connectivity index (χ1n) is 6.56. The number of carbonyl (C=O) groups is 2. The third kappa shape index (κ3) is 3.10. The van der Waals surface area contributed by atoms with Crippen molar-refractivity contribution < 1.29 is 14.7 Å². The van der Waals surface area contributed by atoms with Gasteiger partial charge < -0.3 is 10.4 Å². The van der Waals surface area contributed by atoms with Crippen molar-refractivity contribution in [2.75, 3.05) is 6.54 Å². The van der Waals surface area contributed by atoms with Gasteiger partial charge in [-0.3, -0.25) is 9.78 Å². The molecule has 0 spiro atoms. The van der Waals surface area contributed by atoms with Crippen LogP contribution in [0.4, 0.5) is 0 Å². The number of nitrogens with zero attached hydrogens (tertiary/aromatic N) is 1. The highest BCUT2D eigenvalue weighted by molar-refractivity contribution is 6.03. The molecule has 0 aromatic carbocycles. The highest BCUT2D eigenvalue weighted by Gasteiger charge is 2.24. The maximum Gasteiger partial charge on any atom is 0.338 e. The van der Waals surface area contributed by atoms with E-state index in [0.29, 0.717) is 18.4 Å². The molecule has 5 nitrogen and oxygen atoms in total. The van der Waals surface area contributed by atoms with E-state index in [-0.39, 0.29) is 11.3 Å². The molecule has 5 heteroatoms. The van der Waals surface area contributed by atoms with E-state index in [1.54, 1.807) is 0 Å². The van der Waals surface area contributed by atoms with E-state index in [2.05, 4.69) is 17.2 Å². The number of aromatic nitrogens is 1. The van der Waals surface area contributed by atoms with Gasteiger partial charge >= 0.3 is 5.97 Å². The second-order valence-electron chi connectivity index (χ2n) is 5.08. The number of hydrogen-bond donors (Lipinski definition) is 2. The van der Waals surface area contributed by atoms with Gasteiger partial charge in [0.05, 0.1) is 5.56 Å². The molecule has 1 amide bonds. The molecule has 2 atom stereocenters. The molecule has 1 aromatic rings. The Bertz CT molecular complexity index is 487. The van der Waals surface area contributed by atoms with E-state index in [0.717, 1.165) is 6.42 Å². The van der Waals surface area contributed by atoms with Crippen LogP contribution in [0.1, 0.15) is 47.0 Å². The van der Waals surface area contributed by atoms with Crippen LogP contribution >= 0.6 is 0 Å². The fourth-order valence-corrected chi connectivity index (χ4v) is 2.59. The predicted octanol–water partition coefficient (Wildman–Crippen LogP) is 1.95. The molecule has 102 valence electrons. The van der Waals surface area contributed by atoms with Crippen molar-refractivity contribution in [3.05, 3.63) is 29.6 Å². The summed E-state index contributed by atoms with van der Waals surface area (Å²) in [5, 5.41) is 11.8. The number of rotatable bonds is 4. The average molecular weight is 262 g/mol. The number of aromatic carboxylic acids is 1. The number of carbonyl (C=O) groups excluding carboxylic acids is 1. The van der Waals surface area contributed by atoms with Crippen molar-refractivity contribution in [2.24, 2.45) is 11.8 Å². The molecule has 2 N–H and O–H groups in total. The van der Waals surface area contributed by atoms with Gasteiger partial charge in [-0.1, -0.05) is 19.8 Å². The second kappa shape index (κ2) is 5.82. The quantitative estimate of drug-likeness (QED) is 0.869. The van der Waals surface area contributed by atoms with Crippen LogP contribution in [0.15, 0.2) is 18.3 Å². The van der Waals surface area contributed by atoms with E-state index in [9.17, 15) is 9.59 Å². The summed E-state index contributed by atoms with van der Waals surface area (Å²) < 4.78 is 0. The van der Waals surface area contributed by atoms with Crippen molar-refractivity contribution in [1.82, 2.24) is 10.3 Å². The molecule has 0 radical (unpaired) electrons. The molecule has 1 heterocycles. The number of carboxylic acid groups (broad SMARTS) is 1. The Morgan fingerprint density at radius 1 is 1.47 bits per heavy atom. The van der Waals surface area contributed by atoms with Gasteiger partial charge in [-0.05, 0) is 30.4 Å². The number of amides is 1. The minimum atomic E-state index is -1.13. The van der Waals surface area contributed by atoms with E-state index < -0.39 is 11.9 Å². The lowest BCUT2D eigenvalue weighted by Gasteiger charge is -2.16. The summed E-state index contributed by atoms with van der Waals surface area (Å²) in [7, 11) is 0. The summed E-state index contributed by atoms with van der Waals surface area (Å²) in [4.78, 5) is 26.9. The summed E-state index contributed by atoms with van der Waals surface area (Å²) in [6, 6.07) is 2.90. The lowest BCUT2D eigenvalue weighted by molar-refractivity contribution is 0.0689. The van der Waals surface area contributed by atoms with Crippen molar-refractivity contribution in [2.45, 2.75) is 26.2 Å². The van der Waals surface area contributed by atoms with Crippen molar-refractivity contribution >= 4 is 11.9 Å². The van der Waals surface area contributed by atoms with Gasteiger partial charge in [-0.15, -0.1) is 0 Å². The number of nitrogens with one attached hydrogen (secondary N) is 1. The maximum atomic E-state index is 12.0. The molecule has 0 bridgehead atoms. The van der Waals surface area contributed by atoms with Crippen molar-refractivity contribution in [3.63, 3.8) is 0 Å². The van der Waals surface area contributed by atoms with Gasteiger partial charge in [0.1, 0.15) is 5.69 Å². The molecule has 2 rings (SSSR count). The molecule has 1 saturated carbocycles. The van der Waals surface area contributed by atoms with Crippen LogP contribution in [0.25, 0.3) is 0 Å². The van der Waals surface area contributed by atoms with Crippen LogP contribution in [-0.4, -0.2) is 28.5 Å². The minimum absolute atomic E-state index is 0.0133. The van der Waals surface area contributed by atoms with Gasteiger partial charge in [0.25, 0.3) is 5.91 Å². The van der Waals surface area contributed by atoms with Gasteiger partial charge in [-0.25, -0.2) is 4.79 Å². The molecular formula is C14H18N2O3. The van der Waals surface area contributed by atoms with Crippen LogP contribution < -0.4 is 5.32 Å². The van der Waals surface area contributed by atoms with Crippen molar-refractivity contribution in [1.29, 1.82) is 0 Å². The van der Waals surface area contributed by atoms with Crippen LogP contribution in [0.3, 0.4) is 0 Å². The predicted molar refractivity (Wildman–Crippen MR) is 70.0 cm³/mol. The summed E-state index contributed by atoms with van der Waals surface area (Å²) in [6.45, 7) is 2.78. The first kappa shape index (κ1) is 13.5. The maximum absolute atomic E-state index is 12.0. The lowest BCUT2D eigenvalue weighted by Crippen LogP contribution is -2.32. The Labute approximate surface area is 112 Å². The Morgan fingerprint density at radius 3 is 2.89 bits per heavy atom. The van der Waals surface area contributed by atoms with Gasteiger partial charge in [0.15, 0.2) is 0 Å². The third-order valence-electron chi connectivity index (χ3n) is 3.82. The number of pyridine rings is 1. The SMILES string of the molecule is CC1CCCC1CNC(=O)c1ncccc1C(=O)O. The number of hydrogen-bond acceptors (Lipinski definition) is 3. The molecule has 1 fully saturated rings. The largest absolute Gasteiger partial charge is 0.478 e. The zero-order chi connectivity index (χ0) is 13.8. The van der Waals surface area contributed by atoms with E-state index >= 15 is 0 Å². The first-order chi connectivity index (χ1) is 9.09. The van der Waals surface area contributed by atoms with Gasteiger partial charge in [0, 0.05) is 12.7 Å². The molecule has 19 heavy (non-hydrogen) atoms. The Balaban J connectivity index is 2.02. The lowest BCUT2D eigenvalue weighted by atomic mass is 9.98. The molecule has 0 aliphatic heterocycles. The van der Waals surface area contributed by atoms with Crippen LogP contribution in [0.5, 0.6) is 0 Å². The standard InChI is InChI=1S/C14H18N2O3/c1-9-4-2-5-10(9)8-16-13(17)12-11(14(18)19)6-3-7-15-12/h3,6-7,9-10H,2,4-5,8H2,1H3,(H,16,17)(H,18,19). The van der Waals surface area contributed by atoms with E-state index in [4.69, 9.17) is 5.11 Å². The van der Waals surface area contributed by atoms with Gasteiger partial charge in [-0.2, -0.15) is 0 Å². The first-order valence-corrected chi connectivity index (χ1v) is 6.56. The molecule has 2 unspecified atom stereocenters. The van der Waals surface area contributed by atoms with Crippen LogP contribution in [0.2, 0.25) is 0 Å². The van der Waals surface area contributed by atoms with E-state index in [1.165, 1.54) is 31.2 Å². The molecule has 1 aliphatic carbocycles. The third-order valence-corrected chi connectivity index (χ3v) is 3.82. The highest BCUT2D eigenvalue weighted by Crippen LogP contribution is 2.30. The Morgan fingerprint density at radius 2 is 2.26 bits per heavy atom. The van der Waals surface area contributed by atoms with Crippen molar-refractivity contribution in [3.8, 4) is 0 Å². The minimum Gasteiger partial charge on any atom is -0.478 e. The average Bonchev–Trinajstić information content (AvgIpc) is 2.81. The van der Waals surface area contributed by atoms with Gasteiger partial charge in [0.2, 0.25) is 0 Å². The zero-order valence-electron chi connectivity index (χ0n) is 10.9. The Kier molecular flexibility index (Phi) is 4.14. The normalized spacial score (nSPS) is 22.2. The van der Waals surface area contributed by atoms with E-state index in [1.807, 2.05) is 0 Å². The topological polar surface area (TPSA) is 79.3 Å². The Hall–Kier alpha value is -1.91. The highest BCUT2D eigenvalue weighted by atomic mass is 16.4. The second-order valence-corrected chi connectivity index (χ2v) is 5.08. The summed E-state index contributed by atoms with van der Waals surface area (Å²) >= 11 is 0. The van der Waals surface area contributed by atoms with Crippen LogP contribution in [-0.2, 0) is 0 Å². The summed E-state index contributed by atoms with van der Waals surface area (Å²) in [5.41, 5.74) is -0.0693. The fraction of sp³-hybridized carbons (Fsp3) is 0.500.